The average molecular weight is 369 g/mol. The quantitative estimate of drug-likeness (QED) is 0.465. The number of hydrogen-bond acceptors (Lipinski definition) is 2. The SMILES string of the molecule is COc1cccc(I)c1C(=O)C(C)Br. The predicted octanol–water partition coefficient (Wildman–Crippen LogP) is 3.27. The number of benzene rings is 1. The Labute approximate surface area is 105 Å². The van der Waals surface area contributed by atoms with E-state index in [2.05, 4.69) is 38.5 Å². The Morgan fingerprint density at radius 1 is 1.57 bits per heavy atom. The van der Waals surface area contributed by atoms with Crippen LogP contribution in [0.3, 0.4) is 0 Å². The van der Waals surface area contributed by atoms with Crippen LogP contribution in [-0.4, -0.2) is 17.7 Å². The smallest absolute Gasteiger partial charge is 0.180 e. The van der Waals surface area contributed by atoms with Gasteiger partial charge in [0.1, 0.15) is 5.75 Å². The molecule has 0 radical (unpaired) electrons. The van der Waals surface area contributed by atoms with E-state index in [1.54, 1.807) is 13.2 Å². The van der Waals surface area contributed by atoms with Crippen LogP contribution in [0.2, 0.25) is 0 Å². The molecule has 1 aromatic carbocycles. The van der Waals surface area contributed by atoms with Gasteiger partial charge in [-0.1, -0.05) is 22.0 Å². The molecule has 1 aromatic rings. The monoisotopic (exact) mass is 368 g/mol. The molecule has 0 aliphatic heterocycles. The Hall–Kier alpha value is -0.100. The standard InChI is InChI=1S/C10H10BrIO2/c1-6(11)10(13)9-7(12)4-3-5-8(9)14-2/h3-6H,1-2H3. The van der Waals surface area contributed by atoms with Gasteiger partial charge in [0.05, 0.1) is 17.5 Å². The number of rotatable bonds is 3. The molecule has 0 bridgehead atoms. The molecule has 0 N–H and O–H groups in total. The molecular formula is C10H10BrIO2. The molecule has 1 atom stereocenters. The first kappa shape index (κ1) is 12.0. The van der Waals surface area contributed by atoms with Crippen molar-refractivity contribution in [3.05, 3.63) is 27.3 Å². The van der Waals surface area contributed by atoms with E-state index in [1.807, 2.05) is 19.1 Å². The van der Waals surface area contributed by atoms with Crippen LogP contribution in [0.25, 0.3) is 0 Å². The van der Waals surface area contributed by atoms with E-state index in [0.29, 0.717) is 11.3 Å². The number of halogens is 2. The summed E-state index contributed by atoms with van der Waals surface area (Å²) in [4.78, 5) is 11.6. The zero-order valence-corrected chi connectivity index (χ0v) is 11.6. The summed E-state index contributed by atoms with van der Waals surface area (Å²) in [5.74, 6) is 0.681. The maximum absolute atomic E-state index is 11.8. The second-order valence-electron chi connectivity index (χ2n) is 2.80. The van der Waals surface area contributed by atoms with Crippen LogP contribution in [0.5, 0.6) is 5.75 Å². The van der Waals surface area contributed by atoms with Crippen molar-refractivity contribution in [1.82, 2.24) is 0 Å². The van der Waals surface area contributed by atoms with Crippen molar-refractivity contribution >= 4 is 44.3 Å². The van der Waals surface area contributed by atoms with Crippen molar-refractivity contribution in [3.63, 3.8) is 0 Å². The third kappa shape index (κ3) is 2.48. The maximum Gasteiger partial charge on any atom is 0.180 e. The number of methoxy groups -OCH3 is 1. The summed E-state index contributed by atoms with van der Waals surface area (Å²) in [5.41, 5.74) is 0.653. The lowest BCUT2D eigenvalue weighted by atomic mass is 10.1. The van der Waals surface area contributed by atoms with Crippen molar-refractivity contribution in [1.29, 1.82) is 0 Å². The van der Waals surface area contributed by atoms with E-state index in [0.717, 1.165) is 3.57 Å². The van der Waals surface area contributed by atoms with Gasteiger partial charge in [-0.25, -0.2) is 0 Å². The highest BCUT2D eigenvalue weighted by Crippen LogP contribution is 2.26. The van der Waals surface area contributed by atoms with Crippen molar-refractivity contribution in [3.8, 4) is 5.75 Å². The van der Waals surface area contributed by atoms with Gasteiger partial charge in [0.15, 0.2) is 5.78 Å². The van der Waals surface area contributed by atoms with Gasteiger partial charge in [0.25, 0.3) is 0 Å². The molecule has 0 saturated carbocycles. The van der Waals surface area contributed by atoms with Crippen LogP contribution in [0.4, 0.5) is 0 Å². The third-order valence-corrected chi connectivity index (χ3v) is 3.12. The minimum absolute atomic E-state index is 0.0480. The Bertz CT molecular complexity index is 350. The van der Waals surface area contributed by atoms with E-state index in [9.17, 15) is 4.79 Å². The first-order valence-electron chi connectivity index (χ1n) is 4.08. The van der Waals surface area contributed by atoms with E-state index in [4.69, 9.17) is 4.74 Å². The fourth-order valence-electron chi connectivity index (χ4n) is 1.11. The van der Waals surface area contributed by atoms with Crippen LogP contribution < -0.4 is 4.74 Å². The summed E-state index contributed by atoms with van der Waals surface area (Å²) in [6.45, 7) is 1.81. The first-order chi connectivity index (χ1) is 6.57. The van der Waals surface area contributed by atoms with E-state index in [-0.39, 0.29) is 10.6 Å². The van der Waals surface area contributed by atoms with Gasteiger partial charge in [-0.15, -0.1) is 0 Å². The second kappa shape index (κ2) is 5.11. The fourth-order valence-corrected chi connectivity index (χ4v) is 2.08. The summed E-state index contributed by atoms with van der Waals surface area (Å²) in [6.07, 6.45) is 0. The van der Waals surface area contributed by atoms with E-state index >= 15 is 0 Å². The molecular weight excluding hydrogens is 359 g/mol. The number of Topliss-reactive ketones (excluding diaryl/α,β-unsaturated/α-hetero) is 1. The molecule has 0 aliphatic rings. The largest absolute Gasteiger partial charge is 0.496 e. The molecule has 0 saturated heterocycles. The molecule has 14 heavy (non-hydrogen) atoms. The summed E-state index contributed by atoms with van der Waals surface area (Å²) >= 11 is 5.40. The molecule has 1 unspecified atom stereocenters. The summed E-state index contributed by atoms with van der Waals surface area (Å²) in [7, 11) is 1.57. The van der Waals surface area contributed by atoms with Gasteiger partial charge in [0, 0.05) is 3.57 Å². The van der Waals surface area contributed by atoms with Crippen LogP contribution in [-0.2, 0) is 0 Å². The van der Waals surface area contributed by atoms with Crippen LogP contribution in [0.15, 0.2) is 18.2 Å². The molecule has 4 heteroatoms. The number of carbonyl (C=O) groups excluding carboxylic acids is 1. The third-order valence-electron chi connectivity index (χ3n) is 1.80. The number of hydrogen-bond donors (Lipinski definition) is 0. The van der Waals surface area contributed by atoms with Gasteiger partial charge in [0.2, 0.25) is 0 Å². The minimum Gasteiger partial charge on any atom is -0.496 e. The number of ketones is 1. The Kier molecular flexibility index (Phi) is 4.37. The van der Waals surface area contributed by atoms with Gasteiger partial charge >= 0.3 is 0 Å². The zero-order chi connectivity index (χ0) is 10.7. The molecule has 2 nitrogen and oxygen atoms in total. The number of carbonyl (C=O) groups is 1. The number of alkyl halides is 1. The highest BCUT2D eigenvalue weighted by atomic mass is 127. The molecule has 0 aromatic heterocycles. The lowest BCUT2D eigenvalue weighted by molar-refractivity contribution is 0.0992. The normalized spacial score (nSPS) is 12.3. The second-order valence-corrected chi connectivity index (χ2v) is 5.33. The topological polar surface area (TPSA) is 26.3 Å². The zero-order valence-electron chi connectivity index (χ0n) is 7.88. The highest BCUT2D eigenvalue weighted by Gasteiger charge is 2.19. The Balaban J connectivity index is 3.23. The summed E-state index contributed by atoms with van der Waals surface area (Å²) < 4.78 is 6.07. The predicted molar refractivity (Wildman–Crippen MR) is 68.4 cm³/mol. The average Bonchev–Trinajstić information content (AvgIpc) is 2.16. The van der Waals surface area contributed by atoms with Crippen LogP contribution >= 0.6 is 38.5 Å². The molecule has 0 aliphatic carbocycles. The van der Waals surface area contributed by atoms with E-state index in [1.165, 1.54) is 0 Å². The summed E-state index contributed by atoms with van der Waals surface area (Å²) in [6, 6.07) is 5.56. The molecule has 0 heterocycles. The van der Waals surface area contributed by atoms with Gasteiger partial charge < -0.3 is 4.74 Å². The van der Waals surface area contributed by atoms with Crippen LogP contribution in [0, 0.1) is 3.57 Å². The van der Waals surface area contributed by atoms with Gasteiger partial charge in [-0.3, -0.25) is 4.79 Å². The summed E-state index contributed by atoms with van der Waals surface area (Å²) in [5, 5.41) is 0. The van der Waals surface area contributed by atoms with Crippen molar-refractivity contribution in [2.24, 2.45) is 0 Å². The van der Waals surface area contributed by atoms with Crippen molar-refractivity contribution in [2.45, 2.75) is 11.8 Å². The Morgan fingerprint density at radius 3 is 2.71 bits per heavy atom. The first-order valence-corrected chi connectivity index (χ1v) is 6.08. The van der Waals surface area contributed by atoms with Crippen LogP contribution in [0.1, 0.15) is 17.3 Å². The Morgan fingerprint density at radius 2 is 2.21 bits per heavy atom. The molecule has 1 rings (SSSR count). The fraction of sp³-hybridized carbons (Fsp3) is 0.300. The highest BCUT2D eigenvalue weighted by molar-refractivity contribution is 14.1. The van der Waals surface area contributed by atoms with E-state index < -0.39 is 0 Å². The van der Waals surface area contributed by atoms with Gasteiger partial charge in [-0.05, 0) is 41.6 Å². The maximum atomic E-state index is 11.8. The molecule has 76 valence electrons. The number of ether oxygens (including phenoxy) is 1. The molecule has 0 fully saturated rings. The lowest BCUT2D eigenvalue weighted by Gasteiger charge is -2.10. The van der Waals surface area contributed by atoms with Crippen molar-refractivity contribution < 1.29 is 9.53 Å². The molecule has 0 amide bonds. The minimum atomic E-state index is -0.188. The molecule has 0 spiro atoms. The van der Waals surface area contributed by atoms with Gasteiger partial charge in [-0.2, -0.15) is 0 Å². The lowest BCUT2D eigenvalue weighted by Crippen LogP contribution is -2.13. The van der Waals surface area contributed by atoms with Crippen molar-refractivity contribution in [2.75, 3.05) is 7.11 Å².